The van der Waals surface area contributed by atoms with E-state index in [2.05, 4.69) is 22.2 Å². The maximum atomic E-state index is 5.56. The van der Waals surface area contributed by atoms with E-state index in [4.69, 9.17) is 5.73 Å². The third-order valence-electron chi connectivity index (χ3n) is 1.19. The zero-order valence-corrected chi connectivity index (χ0v) is 6.27. The van der Waals surface area contributed by atoms with Crippen LogP contribution in [0.25, 0.3) is 0 Å². The lowest BCUT2D eigenvalue weighted by Gasteiger charge is -2.00. The summed E-state index contributed by atoms with van der Waals surface area (Å²) in [5, 5.41) is 1.56. The van der Waals surface area contributed by atoms with E-state index >= 15 is 0 Å². The third-order valence-corrected chi connectivity index (χ3v) is 1.53. The molecule has 10 heavy (non-hydrogen) atoms. The second-order valence-electron chi connectivity index (χ2n) is 2.08. The highest BCUT2D eigenvalue weighted by Gasteiger charge is 1.99. The number of nitrogens with zero attached hydrogens (tertiary/aromatic N) is 1. The Labute approximate surface area is 64.7 Å². The Kier molecular flexibility index (Phi) is 2.53. The number of aromatic nitrogens is 2. The monoisotopic (exact) mass is 155 g/mol. The number of aromatic amines is 1. The normalized spacial score (nSPS) is 12.9. The van der Waals surface area contributed by atoms with Crippen molar-refractivity contribution in [3.63, 3.8) is 0 Å². The average molecular weight is 155 g/mol. The topological polar surface area (TPSA) is 54.7 Å². The third kappa shape index (κ3) is 1.89. The van der Waals surface area contributed by atoms with Crippen LogP contribution in [-0.4, -0.2) is 21.4 Å². The van der Waals surface area contributed by atoms with Gasteiger partial charge in [-0.15, -0.1) is 0 Å². The summed E-state index contributed by atoms with van der Waals surface area (Å²) in [4.78, 5) is 6.80. The summed E-state index contributed by atoms with van der Waals surface area (Å²) >= 11 is 4.66. The molecule has 1 aromatic heterocycles. The lowest BCUT2D eigenvalue weighted by Crippen LogP contribution is -2.23. The lowest BCUT2D eigenvalue weighted by atomic mass is 10.2. The molecule has 0 aliphatic heterocycles. The number of hydrogen-bond acceptors (Lipinski definition) is 3. The fourth-order valence-corrected chi connectivity index (χ4v) is 0.795. The highest BCUT2D eigenvalue weighted by atomic mass is 32.1. The Morgan fingerprint density at radius 3 is 3.20 bits per heavy atom. The molecule has 1 aromatic rings. The van der Waals surface area contributed by atoms with E-state index in [1.165, 1.54) is 0 Å². The number of nitrogens with one attached hydrogen (secondary N) is 1. The Balaban J connectivity index is 2.47. The van der Waals surface area contributed by atoms with Gasteiger partial charge >= 0.3 is 0 Å². The van der Waals surface area contributed by atoms with Crippen LogP contribution in [0.2, 0.25) is 0 Å². The van der Waals surface area contributed by atoms with Crippen molar-refractivity contribution in [3.05, 3.63) is 18.2 Å². The van der Waals surface area contributed by atoms with Crippen LogP contribution in [-0.2, 0) is 6.42 Å². The molecule has 1 rings (SSSR count). The first-order chi connectivity index (χ1) is 4.83. The van der Waals surface area contributed by atoms with Gasteiger partial charge in [-0.25, -0.2) is 4.98 Å². The Morgan fingerprint density at radius 2 is 2.70 bits per heavy atom. The van der Waals surface area contributed by atoms with Gasteiger partial charge in [-0.2, -0.15) is 0 Å². The first-order valence-corrected chi connectivity index (χ1v) is 3.48. The van der Waals surface area contributed by atoms with Crippen LogP contribution in [0, 0.1) is 0 Å². The van der Waals surface area contributed by atoms with Gasteiger partial charge in [-0.3, -0.25) is 0 Å². The molecule has 4 heteroatoms. The number of rotatable bonds is 3. The predicted molar refractivity (Wildman–Crippen MR) is 43.9 cm³/mol. The minimum Gasteiger partial charge on any atom is -0.348 e. The van der Waals surface area contributed by atoms with Gasteiger partial charge in [-0.05, 0) is 5.37 Å². The van der Waals surface area contributed by atoms with Gasteiger partial charge in [0, 0.05) is 24.4 Å². The van der Waals surface area contributed by atoms with Crippen LogP contribution in [0.1, 0.15) is 5.69 Å². The maximum absolute atomic E-state index is 5.56. The van der Waals surface area contributed by atoms with Crippen molar-refractivity contribution in [2.45, 2.75) is 12.5 Å². The molecule has 54 valence electrons. The van der Waals surface area contributed by atoms with Crippen molar-refractivity contribution in [3.8, 4) is 0 Å². The second-order valence-corrected chi connectivity index (χ2v) is 2.35. The van der Waals surface area contributed by atoms with E-state index in [0.29, 0.717) is 0 Å². The molecule has 0 saturated heterocycles. The van der Waals surface area contributed by atoms with E-state index in [1.54, 1.807) is 17.9 Å². The maximum Gasteiger partial charge on any atom is 0.0921 e. The summed E-state index contributed by atoms with van der Waals surface area (Å²) in [6.45, 7) is 0. The molecule has 0 bridgehead atoms. The van der Waals surface area contributed by atoms with Crippen LogP contribution in [0.15, 0.2) is 12.5 Å². The molecule has 0 radical (unpaired) electrons. The molecule has 0 spiro atoms. The molecule has 0 aromatic carbocycles. The van der Waals surface area contributed by atoms with Crippen LogP contribution in [0.4, 0.5) is 0 Å². The van der Waals surface area contributed by atoms with Gasteiger partial charge in [-0.1, -0.05) is 12.2 Å². The summed E-state index contributed by atoms with van der Waals surface area (Å²) in [5.41, 5.74) is 6.58. The van der Waals surface area contributed by atoms with Crippen LogP contribution in [0.3, 0.4) is 0 Å². The van der Waals surface area contributed by atoms with Crippen LogP contribution < -0.4 is 5.73 Å². The van der Waals surface area contributed by atoms with E-state index in [-0.39, 0.29) is 6.04 Å². The summed E-state index contributed by atoms with van der Waals surface area (Å²) in [5.74, 6) is 0. The highest BCUT2D eigenvalue weighted by molar-refractivity contribution is 7.79. The molecule has 1 atom stereocenters. The van der Waals surface area contributed by atoms with Crippen LogP contribution >= 0.6 is 12.2 Å². The first kappa shape index (κ1) is 7.37. The minimum atomic E-state index is -0.0459. The number of thiocarbonyl (C=S) groups is 1. The largest absolute Gasteiger partial charge is 0.348 e. The summed E-state index contributed by atoms with van der Waals surface area (Å²) in [6, 6.07) is -0.0459. The molecule has 0 amide bonds. The molecule has 1 heterocycles. The van der Waals surface area contributed by atoms with Gasteiger partial charge in [0.1, 0.15) is 0 Å². The van der Waals surface area contributed by atoms with Gasteiger partial charge < -0.3 is 10.7 Å². The zero-order chi connectivity index (χ0) is 7.40. The summed E-state index contributed by atoms with van der Waals surface area (Å²) < 4.78 is 0. The van der Waals surface area contributed by atoms with Gasteiger partial charge in [0.25, 0.3) is 0 Å². The van der Waals surface area contributed by atoms with Gasteiger partial charge in [0.05, 0.1) is 6.33 Å². The van der Waals surface area contributed by atoms with E-state index in [0.717, 1.165) is 12.1 Å². The smallest absolute Gasteiger partial charge is 0.0921 e. The zero-order valence-electron chi connectivity index (χ0n) is 5.45. The molecule has 0 aliphatic carbocycles. The molecule has 0 saturated carbocycles. The minimum absolute atomic E-state index is 0.0459. The Bertz CT molecular complexity index is 195. The van der Waals surface area contributed by atoms with Crippen molar-refractivity contribution >= 4 is 17.6 Å². The summed E-state index contributed by atoms with van der Waals surface area (Å²) in [7, 11) is 0. The molecular formula is C6H9N3S. The molecule has 3 nitrogen and oxygen atoms in total. The fourth-order valence-electron chi connectivity index (χ4n) is 0.698. The molecule has 0 unspecified atom stereocenters. The van der Waals surface area contributed by atoms with Gasteiger partial charge in [0.2, 0.25) is 0 Å². The van der Waals surface area contributed by atoms with E-state index in [1.807, 2.05) is 0 Å². The predicted octanol–water partition coefficient (Wildman–Crippen LogP) is 0.279. The molecule has 0 aliphatic rings. The van der Waals surface area contributed by atoms with E-state index in [9.17, 15) is 0 Å². The number of H-pyrrole nitrogens is 1. The van der Waals surface area contributed by atoms with Crippen LogP contribution in [0.5, 0.6) is 0 Å². The number of nitrogens with two attached hydrogens (primary N) is 1. The number of imidazole rings is 1. The van der Waals surface area contributed by atoms with Crippen molar-refractivity contribution in [1.82, 2.24) is 9.97 Å². The summed E-state index contributed by atoms with van der Waals surface area (Å²) in [6.07, 6.45) is 4.12. The van der Waals surface area contributed by atoms with Crippen molar-refractivity contribution < 1.29 is 0 Å². The van der Waals surface area contributed by atoms with Gasteiger partial charge in [0.15, 0.2) is 0 Å². The molecule has 0 fully saturated rings. The lowest BCUT2D eigenvalue weighted by molar-refractivity contribution is 0.850. The molecular weight excluding hydrogens is 146 g/mol. The number of hydrogen-bond donors (Lipinski definition) is 2. The Morgan fingerprint density at radius 1 is 1.90 bits per heavy atom. The van der Waals surface area contributed by atoms with E-state index < -0.39 is 0 Å². The molecule has 3 N–H and O–H groups in total. The fraction of sp³-hybridized carbons (Fsp3) is 0.333. The van der Waals surface area contributed by atoms with Crippen molar-refractivity contribution in [1.29, 1.82) is 0 Å². The standard InChI is InChI=1S/C6H9N3S/c7-5(3-10)1-6-2-8-4-9-6/h2-5H,1,7H2,(H,8,9)/t5-/m0/s1. The Hall–Kier alpha value is -0.740. The van der Waals surface area contributed by atoms with Crippen molar-refractivity contribution in [2.75, 3.05) is 0 Å². The van der Waals surface area contributed by atoms with Crippen molar-refractivity contribution in [2.24, 2.45) is 5.73 Å². The first-order valence-electron chi connectivity index (χ1n) is 3.01. The second kappa shape index (κ2) is 3.43. The SMILES string of the molecule is N[C@H](C=S)Cc1cnc[nH]1. The quantitative estimate of drug-likeness (QED) is 0.616. The average Bonchev–Trinajstić information content (AvgIpc) is 2.40. The highest BCUT2D eigenvalue weighted by Crippen LogP contribution is 1.93.